The molecular formula is C15H15FN2OS. The predicted molar refractivity (Wildman–Crippen MR) is 77.1 cm³/mol. The molecular weight excluding hydrogens is 275 g/mol. The van der Waals surface area contributed by atoms with Gasteiger partial charge < -0.3 is 10.0 Å². The van der Waals surface area contributed by atoms with Gasteiger partial charge in [0.2, 0.25) is 0 Å². The molecule has 2 aromatic rings. The predicted octanol–water partition coefficient (Wildman–Crippen LogP) is 3.35. The number of nitrogens with zero attached hydrogens (tertiary/aromatic N) is 2. The van der Waals surface area contributed by atoms with Crippen LogP contribution >= 0.6 is 11.3 Å². The van der Waals surface area contributed by atoms with Crippen LogP contribution in [0.5, 0.6) is 0 Å². The molecule has 1 unspecified atom stereocenters. The number of fused-ring (bicyclic) bond motifs is 2. The third-order valence-electron chi connectivity index (χ3n) is 4.08. The highest BCUT2D eigenvalue weighted by molar-refractivity contribution is 7.15. The van der Waals surface area contributed by atoms with E-state index in [4.69, 9.17) is 0 Å². The van der Waals surface area contributed by atoms with E-state index in [1.165, 1.54) is 11.6 Å². The van der Waals surface area contributed by atoms with E-state index in [-0.39, 0.29) is 11.9 Å². The molecule has 0 fully saturated rings. The number of benzene rings is 1. The maximum absolute atomic E-state index is 13.5. The summed E-state index contributed by atoms with van der Waals surface area (Å²) in [6.07, 6.45) is 3.29. The summed E-state index contributed by atoms with van der Waals surface area (Å²) in [5, 5.41) is 10.9. The van der Waals surface area contributed by atoms with Gasteiger partial charge in [-0.25, -0.2) is 9.37 Å². The molecule has 1 N–H and O–H groups in total. The summed E-state index contributed by atoms with van der Waals surface area (Å²) in [6, 6.07) is 4.95. The van der Waals surface area contributed by atoms with Crippen molar-refractivity contribution in [2.75, 3.05) is 11.4 Å². The topological polar surface area (TPSA) is 36.4 Å². The molecule has 2 aliphatic rings. The largest absolute Gasteiger partial charge is 0.388 e. The average molecular weight is 290 g/mol. The Kier molecular flexibility index (Phi) is 2.79. The van der Waals surface area contributed by atoms with E-state index in [1.807, 2.05) is 6.07 Å². The number of thiazole rings is 1. The van der Waals surface area contributed by atoms with Crippen molar-refractivity contribution in [3.8, 4) is 0 Å². The molecule has 1 aromatic carbocycles. The van der Waals surface area contributed by atoms with Crippen LogP contribution < -0.4 is 4.90 Å². The quantitative estimate of drug-likeness (QED) is 0.875. The zero-order valence-electron chi connectivity index (χ0n) is 11.0. The minimum atomic E-state index is -0.375. The molecule has 0 saturated heterocycles. The average Bonchev–Trinajstić information content (AvgIpc) is 3.02. The van der Waals surface area contributed by atoms with Crippen molar-refractivity contribution in [1.82, 2.24) is 4.98 Å². The number of aliphatic hydroxyl groups excluding tert-OH is 1. The Hall–Kier alpha value is -1.46. The van der Waals surface area contributed by atoms with E-state index >= 15 is 0 Å². The van der Waals surface area contributed by atoms with Crippen LogP contribution in [-0.4, -0.2) is 16.6 Å². The smallest absolute Gasteiger partial charge is 0.190 e. The Morgan fingerprint density at radius 1 is 1.35 bits per heavy atom. The molecule has 1 aliphatic heterocycles. The van der Waals surface area contributed by atoms with Crippen molar-refractivity contribution >= 4 is 22.2 Å². The second-order valence-electron chi connectivity index (χ2n) is 5.39. The Labute approximate surface area is 120 Å². The fourth-order valence-electron chi connectivity index (χ4n) is 3.05. The first kappa shape index (κ1) is 12.3. The molecule has 20 heavy (non-hydrogen) atoms. The first-order chi connectivity index (χ1) is 9.72. The third-order valence-corrected chi connectivity index (χ3v) is 5.31. The van der Waals surface area contributed by atoms with Gasteiger partial charge in [0.05, 0.1) is 16.7 Å². The lowest BCUT2D eigenvalue weighted by Crippen LogP contribution is -2.13. The summed E-state index contributed by atoms with van der Waals surface area (Å²) in [5.41, 5.74) is 3.11. The molecule has 0 radical (unpaired) electrons. The Morgan fingerprint density at radius 3 is 3.10 bits per heavy atom. The van der Waals surface area contributed by atoms with E-state index < -0.39 is 0 Å². The molecule has 104 valence electrons. The molecule has 0 saturated carbocycles. The normalized spacial score (nSPS) is 20.9. The van der Waals surface area contributed by atoms with Gasteiger partial charge in [-0.3, -0.25) is 0 Å². The van der Waals surface area contributed by atoms with Crippen molar-refractivity contribution in [2.24, 2.45) is 0 Å². The number of aromatic nitrogens is 1. The monoisotopic (exact) mass is 290 g/mol. The maximum atomic E-state index is 13.5. The summed E-state index contributed by atoms with van der Waals surface area (Å²) >= 11 is 1.55. The van der Waals surface area contributed by atoms with Crippen molar-refractivity contribution in [2.45, 2.75) is 31.8 Å². The minimum absolute atomic E-state index is 0.211. The van der Waals surface area contributed by atoms with Crippen molar-refractivity contribution in [1.29, 1.82) is 0 Å². The van der Waals surface area contributed by atoms with Crippen LogP contribution in [0.2, 0.25) is 0 Å². The van der Waals surface area contributed by atoms with Gasteiger partial charge in [0.25, 0.3) is 0 Å². The molecule has 0 amide bonds. The Balaban J connectivity index is 1.75. The number of halogens is 1. The molecule has 3 nitrogen and oxygen atoms in total. The highest BCUT2D eigenvalue weighted by Gasteiger charge is 2.28. The number of hydrogen-bond acceptors (Lipinski definition) is 4. The highest BCUT2D eigenvalue weighted by Crippen LogP contribution is 2.42. The van der Waals surface area contributed by atoms with Crippen LogP contribution in [-0.2, 0) is 12.8 Å². The van der Waals surface area contributed by atoms with E-state index in [1.54, 1.807) is 17.4 Å². The van der Waals surface area contributed by atoms with Crippen LogP contribution in [0.15, 0.2) is 18.2 Å². The number of aliphatic hydroxyl groups is 1. The maximum Gasteiger partial charge on any atom is 0.190 e. The van der Waals surface area contributed by atoms with Crippen molar-refractivity contribution in [3.63, 3.8) is 0 Å². The summed E-state index contributed by atoms with van der Waals surface area (Å²) in [5.74, 6) is -0.211. The second kappa shape index (κ2) is 4.53. The molecule has 2 heterocycles. The first-order valence-corrected chi connectivity index (χ1v) is 7.77. The lowest BCUT2D eigenvalue weighted by molar-refractivity contribution is 0.160. The summed E-state index contributed by atoms with van der Waals surface area (Å²) < 4.78 is 13.5. The van der Waals surface area contributed by atoms with Crippen LogP contribution in [0.25, 0.3) is 0 Å². The Morgan fingerprint density at radius 2 is 2.25 bits per heavy atom. The highest BCUT2D eigenvalue weighted by atomic mass is 32.1. The van der Waals surface area contributed by atoms with Crippen LogP contribution in [0, 0.1) is 5.82 Å². The molecule has 0 bridgehead atoms. The minimum Gasteiger partial charge on any atom is -0.388 e. The Bertz CT molecular complexity index is 670. The number of hydrogen-bond donors (Lipinski definition) is 1. The van der Waals surface area contributed by atoms with Gasteiger partial charge in [-0.2, -0.15) is 0 Å². The van der Waals surface area contributed by atoms with Gasteiger partial charge in [0.15, 0.2) is 5.13 Å². The van der Waals surface area contributed by atoms with Crippen LogP contribution in [0.3, 0.4) is 0 Å². The fourth-order valence-corrected chi connectivity index (χ4v) is 4.22. The first-order valence-electron chi connectivity index (χ1n) is 6.96. The molecule has 1 aliphatic carbocycles. The molecule has 1 atom stereocenters. The van der Waals surface area contributed by atoms with Crippen molar-refractivity contribution < 1.29 is 9.50 Å². The zero-order valence-corrected chi connectivity index (χ0v) is 11.8. The zero-order chi connectivity index (χ0) is 13.7. The van der Waals surface area contributed by atoms with Gasteiger partial charge in [-0.05, 0) is 43.4 Å². The van der Waals surface area contributed by atoms with E-state index in [2.05, 4.69) is 9.88 Å². The van der Waals surface area contributed by atoms with E-state index in [9.17, 15) is 9.50 Å². The number of aryl methyl sites for hydroxylation is 1. The summed E-state index contributed by atoms with van der Waals surface area (Å²) in [6.45, 7) is 0.835. The fraction of sp³-hybridized carbons (Fsp3) is 0.400. The van der Waals surface area contributed by atoms with E-state index in [0.717, 1.165) is 53.6 Å². The van der Waals surface area contributed by atoms with Crippen LogP contribution in [0.4, 0.5) is 15.2 Å². The van der Waals surface area contributed by atoms with Crippen LogP contribution in [0.1, 0.15) is 35.1 Å². The molecule has 4 rings (SSSR count). The third kappa shape index (κ3) is 1.84. The second-order valence-corrected chi connectivity index (χ2v) is 6.40. The van der Waals surface area contributed by atoms with Gasteiger partial charge in [0, 0.05) is 12.2 Å². The number of anilines is 2. The van der Waals surface area contributed by atoms with Gasteiger partial charge in [-0.15, -0.1) is 0 Å². The number of rotatable bonds is 1. The standard InChI is InChI=1S/C15H15FN2OS/c16-10-5-4-9-6-7-18(12(9)8-10)15-17-11-2-1-3-13(19)14(11)20-15/h4-5,8,13,19H,1-3,6-7H2. The van der Waals surface area contributed by atoms with Gasteiger partial charge in [-0.1, -0.05) is 17.4 Å². The van der Waals surface area contributed by atoms with E-state index in [0.29, 0.717) is 0 Å². The summed E-state index contributed by atoms with van der Waals surface area (Å²) in [7, 11) is 0. The molecule has 0 spiro atoms. The molecule has 5 heteroatoms. The summed E-state index contributed by atoms with van der Waals surface area (Å²) in [4.78, 5) is 7.75. The van der Waals surface area contributed by atoms with Gasteiger partial charge >= 0.3 is 0 Å². The van der Waals surface area contributed by atoms with Gasteiger partial charge in [0.1, 0.15) is 5.82 Å². The van der Waals surface area contributed by atoms with Crippen molar-refractivity contribution in [3.05, 3.63) is 40.2 Å². The molecule has 1 aromatic heterocycles. The lowest BCUT2D eigenvalue weighted by Gasteiger charge is -2.15. The lowest BCUT2D eigenvalue weighted by atomic mass is 10.0. The SMILES string of the molecule is OC1CCCc2nc(N3CCc4ccc(F)cc43)sc21.